The summed E-state index contributed by atoms with van der Waals surface area (Å²) in [7, 11) is 0. The molecule has 0 aromatic rings. The Hall–Kier alpha value is 0.174. The van der Waals surface area contributed by atoms with Gasteiger partial charge < -0.3 is 0 Å². The van der Waals surface area contributed by atoms with E-state index < -0.39 is 16.1 Å². The third-order valence-corrected chi connectivity index (χ3v) is 13.8. The van der Waals surface area contributed by atoms with Crippen molar-refractivity contribution in [2.45, 2.75) is 166 Å². The van der Waals surface area contributed by atoms with Crippen molar-refractivity contribution in [3.8, 4) is 0 Å². The summed E-state index contributed by atoms with van der Waals surface area (Å²) in [6.45, 7) is 9.96. The zero-order valence-electron chi connectivity index (χ0n) is 23.9. The van der Waals surface area contributed by atoms with Crippen molar-refractivity contribution in [3.63, 3.8) is 0 Å². The van der Waals surface area contributed by atoms with Crippen molar-refractivity contribution in [2.75, 3.05) is 13.2 Å². The molecule has 3 nitrogen and oxygen atoms in total. The number of hydrogen-bond acceptors (Lipinski definition) is 3. The molecule has 0 atom stereocenters. The number of allylic oxidation sites excluding steroid dienone is 2. The van der Waals surface area contributed by atoms with E-state index >= 15 is 0 Å². The van der Waals surface area contributed by atoms with Gasteiger partial charge >= 0.3 is 171 Å². The number of hydrogen-bond donors (Lipinski definition) is 0. The van der Waals surface area contributed by atoms with Crippen LogP contribution in [0.2, 0.25) is 9.45 Å². The predicted octanol–water partition coefficient (Wildman–Crippen LogP) is 11.2. The fourth-order valence-electron chi connectivity index (χ4n) is 4.59. The van der Waals surface area contributed by atoms with E-state index in [4.69, 9.17) is 6.64 Å². The molecular weight excluding hydrogens is 456 g/mol. The van der Waals surface area contributed by atoms with E-state index in [-0.39, 0.29) is 0 Å². The van der Waals surface area contributed by atoms with Crippen molar-refractivity contribution in [1.82, 2.24) is 0 Å². The van der Waals surface area contributed by atoms with Gasteiger partial charge in [0.1, 0.15) is 0 Å². The SMILES string of the molecule is CCCCCCCC/C=C\CCCCCCCC[O][Ti](=[O])([CH2]CCC)([CH2]CCC)[O]CCCC. The first kappa shape index (κ1) is 34.2. The van der Waals surface area contributed by atoms with Crippen LogP contribution in [-0.4, -0.2) is 13.2 Å². The second-order valence-electron chi connectivity index (χ2n) is 10.6. The van der Waals surface area contributed by atoms with Crippen LogP contribution in [0.4, 0.5) is 0 Å². The minimum absolute atomic E-state index is 0.595. The Morgan fingerprint density at radius 1 is 0.471 bits per heavy atom. The van der Waals surface area contributed by atoms with E-state index in [0.717, 1.165) is 44.9 Å². The topological polar surface area (TPSA) is 35.5 Å². The van der Waals surface area contributed by atoms with Gasteiger partial charge in [-0.25, -0.2) is 0 Å². The summed E-state index contributed by atoms with van der Waals surface area (Å²) < 4.78 is 28.0. The maximum absolute atomic E-state index is 14.2. The molecule has 0 radical (unpaired) electrons. The van der Waals surface area contributed by atoms with Crippen LogP contribution in [0.1, 0.15) is 156 Å². The first-order chi connectivity index (χ1) is 16.5. The third-order valence-electron chi connectivity index (χ3n) is 7.03. The molecule has 0 aliphatic carbocycles. The standard InChI is InChI=1S/C18H35O.C4H9O.2C4H9.O.Ti/c1-2-3-4-5-6-7-8-9-10-11-12-13-14-15-16-17-18-19;1-2-3-4-5;2*1-3-4-2;;/h9-10H,2-8,11-18H2,1H3;2-4H2,1H3;2*1,3-4H2,2H3;;/q2*-1;;;;+2/b10-9-;;;;;. The first-order valence-corrected chi connectivity index (χ1v) is 19.5. The molecule has 4 heteroatoms. The molecular formula is C30H62O3Ti. The van der Waals surface area contributed by atoms with Crippen LogP contribution in [0.5, 0.6) is 0 Å². The Labute approximate surface area is 216 Å². The molecule has 0 spiro atoms. The molecule has 0 saturated heterocycles. The van der Waals surface area contributed by atoms with Crippen LogP contribution in [0.25, 0.3) is 0 Å². The second kappa shape index (κ2) is 23.6. The molecule has 0 saturated carbocycles. The van der Waals surface area contributed by atoms with E-state index in [1.165, 1.54) is 83.5 Å². The summed E-state index contributed by atoms with van der Waals surface area (Å²) >= 11 is -4.53. The average molecular weight is 519 g/mol. The summed E-state index contributed by atoms with van der Waals surface area (Å²) in [5.74, 6) is 0. The molecule has 0 unspecified atom stereocenters. The Morgan fingerprint density at radius 2 is 0.853 bits per heavy atom. The summed E-state index contributed by atoms with van der Waals surface area (Å²) in [6.07, 6.45) is 29.0. The van der Waals surface area contributed by atoms with E-state index in [9.17, 15) is 3.32 Å². The second-order valence-corrected chi connectivity index (χ2v) is 17.3. The van der Waals surface area contributed by atoms with Gasteiger partial charge in [0.25, 0.3) is 0 Å². The molecule has 0 N–H and O–H groups in total. The first-order valence-electron chi connectivity index (χ1n) is 15.4. The molecule has 0 aliphatic rings. The third kappa shape index (κ3) is 19.4. The molecule has 0 fully saturated rings. The Morgan fingerprint density at radius 3 is 1.32 bits per heavy atom. The fourth-order valence-corrected chi connectivity index (χ4v) is 11.1. The van der Waals surface area contributed by atoms with Gasteiger partial charge in [-0.05, 0) is 6.42 Å². The fraction of sp³-hybridized carbons (Fsp3) is 0.933. The van der Waals surface area contributed by atoms with Crippen LogP contribution < -0.4 is 0 Å². The van der Waals surface area contributed by atoms with Gasteiger partial charge in [-0.3, -0.25) is 0 Å². The van der Waals surface area contributed by atoms with Gasteiger partial charge in [0.05, 0.1) is 0 Å². The average Bonchev–Trinajstić information content (AvgIpc) is 2.84. The predicted molar refractivity (Wildman–Crippen MR) is 146 cm³/mol. The molecule has 0 amide bonds. The number of rotatable bonds is 27. The van der Waals surface area contributed by atoms with E-state index in [1.54, 1.807) is 0 Å². The molecule has 0 heterocycles. The molecule has 34 heavy (non-hydrogen) atoms. The monoisotopic (exact) mass is 518 g/mol. The van der Waals surface area contributed by atoms with Crippen molar-refractivity contribution < 1.29 is 26.0 Å². The van der Waals surface area contributed by atoms with Crippen LogP contribution in [0.3, 0.4) is 0 Å². The van der Waals surface area contributed by atoms with Crippen LogP contribution in [0.15, 0.2) is 12.2 Å². The quantitative estimate of drug-likeness (QED) is 0.0616. The van der Waals surface area contributed by atoms with Gasteiger partial charge in [0.2, 0.25) is 0 Å². The summed E-state index contributed by atoms with van der Waals surface area (Å²) in [5, 5.41) is 0. The summed E-state index contributed by atoms with van der Waals surface area (Å²) in [5.41, 5.74) is 0. The molecule has 0 aromatic carbocycles. The van der Waals surface area contributed by atoms with E-state index in [1.807, 2.05) is 0 Å². The van der Waals surface area contributed by atoms with Crippen molar-refractivity contribution >= 4 is 0 Å². The van der Waals surface area contributed by atoms with Gasteiger partial charge in [0, 0.05) is 0 Å². The maximum atomic E-state index is 14.2. The van der Waals surface area contributed by atoms with E-state index in [2.05, 4.69) is 39.8 Å². The Bertz CT molecular complexity index is 503. The van der Waals surface area contributed by atoms with Crippen molar-refractivity contribution in [1.29, 1.82) is 0 Å². The molecule has 0 aliphatic heterocycles. The van der Waals surface area contributed by atoms with Gasteiger partial charge in [0.15, 0.2) is 0 Å². The van der Waals surface area contributed by atoms with Crippen molar-refractivity contribution in [3.05, 3.63) is 12.2 Å². The van der Waals surface area contributed by atoms with Gasteiger partial charge in [-0.15, -0.1) is 0 Å². The van der Waals surface area contributed by atoms with Gasteiger partial charge in [-0.2, -0.15) is 0 Å². The zero-order valence-corrected chi connectivity index (χ0v) is 25.4. The molecule has 0 rings (SSSR count). The zero-order chi connectivity index (χ0) is 25.2. The van der Waals surface area contributed by atoms with Gasteiger partial charge in [-0.1, -0.05) is 39.0 Å². The Balaban J connectivity index is 4.00. The van der Waals surface area contributed by atoms with E-state index in [0.29, 0.717) is 22.7 Å². The summed E-state index contributed by atoms with van der Waals surface area (Å²) in [4.78, 5) is 0. The Kier molecular flexibility index (Phi) is 23.7. The molecule has 0 bridgehead atoms. The van der Waals surface area contributed by atoms with Crippen molar-refractivity contribution in [2.24, 2.45) is 0 Å². The number of unbranched alkanes of at least 4 members (excludes halogenated alkanes) is 15. The molecule has 0 aromatic heterocycles. The summed E-state index contributed by atoms with van der Waals surface area (Å²) in [6, 6.07) is 0. The van der Waals surface area contributed by atoms with Crippen LogP contribution >= 0.6 is 0 Å². The normalized spacial score (nSPS) is 12.7. The van der Waals surface area contributed by atoms with Crippen LogP contribution in [0, 0.1) is 0 Å². The molecule has 204 valence electrons. The van der Waals surface area contributed by atoms with Crippen LogP contribution in [-0.2, 0) is 26.0 Å². The minimum atomic E-state index is -4.53.